The molecule has 0 amide bonds. The molecule has 1 aromatic carbocycles. The first kappa shape index (κ1) is 20.7. The standard InChI is InChI=1S/C21H28N2O4/c1-13-8-7-9-17(12-13)27-11-10-23(5)16(4)20(24)19-14(2)18(15(3)22-19)21(25)26-6/h7-9,12,16,22H,10-11H2,1-6H3/t16-/m1/s1. The Bertz CT molecular complexity index is 826. The summed E-state index contributed by atoms with van der Waals surface area (Å²) in [6, 6.07) is 7.52. The number of benzene rings is 1. The number of nitrogens with zero attached hydrogens (tertiary/aromatic N) is 1. The van der Waals surface area contributed by atoms with Gasteiger partial charge in [0.2, 0.25) is 0 Å². The molecule has 1 heterocycles. The lowest BCUT2D eigenvalue weighted by Crippen LogP contribution is -2.38. The van der Waals surface area contributed by atoms with E-state index in [4.69, 9.17) is 9.47 Å². The number of aromatic nitrogens is 1. The molecule has 1 N–H and O–H groups in total. The van der Waals surface area contributed by atoms with Gasteiger partial charge in [-0.2, -0.15) is 0 Å². The summed E-state index contributed by atoms with van der Waals surface area (Å²) in [6.45, 7) is 8.47. The zero-order chi connectivity index (χ0) is 20.1. The van der Waals surface area contributed by atoms with E-state index >= 15 is 0 Å². The zero-order valence-electron chi connectivity index (χ0n) is 16.9. The fourth-order valence-electron chi connectivity index (χ4n) is 3.02. The number of likely N-dealkylation sites (N-methyl/N-ethyl adjacent to an activating group) is 1. The average Bonchev–Trinajstić information content (AvgIpc) is 2.94. The van der Waals surface area contributed by atoms with Gasteiger partial charge in [0, 0.05) is 12.2 Å². The van der Waals surface area contributed by atoms with Crippen molar-refractivity contribution in [2.24, 2.45) is 0 Å². The Labute approximate surface area is 160 Å². The third-order valence-electron chi connectivity index (χ3n) is 4.82. The highest BCUT2D eigenvalue weighted by atomic mass is 16.5. The third kappa shape index (κ3) is 4.77. The van der Waals surface area contributed by atoms with Gasteiger partial charge in [-0.3, -0.25) is 9.69 Å². The topological polar surface area (TPSA) is 71.6 Å². The van der Waals surface area contributed by atoms with Crippen LogP contribution in [-0.2, 0) is 4.74 Å². The van der Waals surface area contributed by atoms with Crippen molar-refractivity contribution < 1.29 is 19.1 Å². The molecule has 0 spiro atoms. The van der Waals surface area contributed by atoms with E-state index in [0.717, 1.165) is 11.3 Å². The molecule has 6 nitrogen and oxygen atoms in total. The minimum atomic E-state index is -0.437. The Hall–Kier alpha value is -2.60. The van der Waals surface area contributed by atoms with Crippen LogP contribution in [0.5, 0.6) is 5.75 Å². The van der Waals surface area contributed by atoms with Crippen LogP contribution in [0.3, 0.4) is 0 Å². The van der Waals surface area contributed by atoms with Crippen LogP contribution in [0.4, 0.5) is 0 Å². The van der Waals surface area contributed by atoms with Crippen molar-refractivity contribution in [3.8, 4) is 5.75 Å². The maximum atomic E-state index is 12.9. The highest BCUT2D eigenvalue weighted by molar-refractivity contribution is 6.03. The van der Waals surface area contributed by atoms with Gasteiger partial charge in [0.05, 0.1) is 24.4 Å². The molecule has 0 aliphatic rings. The quantitative estimate of drug-likeness (QED) is 0.569. The molecule has 0 fully saturated rings. The van der Waals surface area contributed by atoms with Gasteiger partial charge in [-0.1, -0.05) is 12.1 Å². The molecule has 0 saturated heterocycles. The van der Waals surface area contributed by atoms with E-state index in [2.05, 4.69) is 4.98 Å². The van der Waals surface area contributed by atoms with Gasteiger partial charge in [0.25, 0.3) is 0 Å². The fourth-order valence-corrected chi connectivity index (χ4v) is 3.02. The molecular formula is C21H28N2O4. The van der Waals surface area contributed by atoms with Crippen molar-refractivity contribution in [2.75, 3.05) is 27.3 Å². The Morgan fingerprint density at radius 3 is 2.56 bits per heavy atom. The molecule has 0 aliphatic carbocycles. The highest BCUT2D eigenvalue weighted by Crippen LogP contribution is 2.21. The van der Waals surface area contributed by atoms with Crippen LogP contribution >= 0.6 is 0 Å². The van der Waals surface area contributed by atoms with Gasteiger partial charge in [-0.25, -0.2) is 4.79 Å². The van der Waals surface area contributed by atoms with Crippen molar-refractivity contribution in [2.45, 2.75) is 33.7 Å². The number of carbonyl (C=O) groups is 2. The van der Waals surface area contributed by atoms with E-state index in [1.165, 1.54) is 7.11 Å². The second-order valence-electron chi connectivity index (χ2n) is 6.80. The first-order valence-electron chi connectivity index (χ1n) is 8.97. The first-order chi connectivity index (χ1) is 12.8. The van der Waals surface area contributed by atoms with Gasteiger partial charge in [0.1, 0.15) is 12.4 Å². The third-order valence-corrected chi connectivity index (χ3v) is 4.82. The smallest absolute Gasteiger partial charge is 0.339 e. The SMILES string of the molecule is COC(=O)c1c(C)[nH]c(C(=O)[C@@H](C)N(C)CCOc2cccc(C)c2)c1C. The second-order valence-corrected chi connectivity index (χ2v) is 6.80. The number of hydrogen-bond donors (Lipinski definition) is 1. The molecule has 1 aromatic heterocycles. The van der Waals surface area contributed by atoms with Crippen molar-refractivity contribution in [3.63, 3.8) is 0 Å². The number of rotatable bonds is 8. The summed E-state index contributed by atoms with van der Waals surface area (Å²) in [4.78, 5) is 29.8. The number of Topliss-reactive ketones (excluding diaryl/α,β-unsaturated/α-hetero) is 1. The van der Waals surface area contributed by atoms with Crippen molar-refractivity contribution in [1.82, 2.24) is 9.88 Å². The molecule has 0 unspecified atom stereocenters. The van der Waals surface area contributed by atoms with E-state index in [1.807, 2.05) is 50.1 Å². The van der Waals surface area contributed by atoms with Crippen LogP contribution in [0.2, 0.25) is 0 Å². The summed E-state index contributed by atoms with van der Waals surface area (Å²) in [5, 5.41) is 0. The van der Waals surface area contributed by atoms with Crippen LogP contribution in [0.1, 0.15) is 44.6 Å². The Balaban J connectivity index is 2.01. The van der Waals surface area contributed by atoms with Gasteiger partial charge < -0.3 is 14.5 Å². The normalized spacial score (nSPS) is 12.1. The van der Waals surface area contributed by atoms with Crippen molar-refractivity contribution >= 4 is 11.8 Å². The number of H-pyrrole nitrogens is 1. The molecule has 0 aliphatic heterocycles. The van der Waals surface area contributed by atoms with E-state index < -0.39 is 5.97 Å². The highest BCUT2D eigenvalue weighted by Gasteiger charge is 2.27. The number of ether oxygens (including phenoxy) is 2. The molecule has 0 saturated carbocycles. The molecule has 1 atom stereocenters. The van der Waals surface area contributed by atoms with Crippen LogP contribution in [0.15, 0.2) is 24.3 Å². The Morgan fingerprint density at radius 2 is 1.93 bits per heavy atom. The summed E-state index contributed by atoms with van der Waals surface area (Å²) >= 11 is 0. The van der Waals surface area contributed by atoms with E-state index in [1.54, 1.807) is 13.8 Å². The van der Waals surface area contributed by atoms with Gasteiger partial charge in [-0.15, -0.1) is 0 Å². The summed E-state index contributed by atoms with van der Waals surface area (Å²) in [5.74, 6) is 0.317. The van der Waals surface area contributed by atoms with Crippen LogP contribution in [-0.4, -0.2) is 55.0 Å². The Kier molecular flexibility index (Phi) is 6.80. The number of nitrogens with one attached hydrogen (secondary N) is 1. The monoisotopic (exact) mass is 372 g/mol. The maximum Gasteiger partial charge on any atom is 0.339 e. The van der Waals surface area contributed by atoms with E-state index in [9.17, 15) is 9.59 Å². The largest absolute Gasteiger partial charge is 0.492 e. The second kappa shape index (κ2) is 8.86. The lowest BCUT2D eigenvalue weighted by atomic mass is 10.0. The van der Waals surface area contributed by atoms with Gasteiger partial charge in [-0.05, 0) is 58.0 Å². The van der Waals surface area contributed by atoms with Crippen LogP contribution < -0.4 is 4.74 Å². The molecule has 6 heteroatoms. The first-order valence-corrected chi connectivity index (χ1v) is 8.97. The lowest BCUT2D eigenvalue weighted by Gasteiger charge is -2.23. The number of esters is 1. The van der Waals surface area contributed by atoms with E-state index in [0.29, 0.717) is 35.7 Å². The molecule has 146 valence electrons. The minimum Gasteiger partial charge on any atom is -0.492 e. The number of carbonyl (C=O) groups excluding carboxylic acids is 2. The van der Waals surface area contributed by atoms with Gasteiger partial charge in [0.15, 0.2) is 5.78 Å². The van der Waals surface area contributed by atoms with Crippen LogP contribution in [0.25, 0.3) is 0 Å². The maximum absolute atomic E-state index is 12.9. The molecular weight excluding hydrogens is 344 g/mol. The van der Waals surface area contributed by atoms with Gasteiger partial charge >= 0.3 is 5.97 Å². The van der Waals surface area contributed by atoms with Crippen molar-refractivity contribution in [3.05, 3.63) is 52.3 Å². The lowest BCUT2D eigenvalue weighted by molar-refractivity contribution is 0.0599. The Morgan fingerprint density at radius 1 is 1.22 bits per heavy atom. The predicted molar refractivity (Wildman–Crippen MR) is 105 cm³/mol. The molecule has 2 rings (SSSR count). The molecule has 0 bridgehead atoms. The average molecular weight is 372 g/mol. The van der Waals surface area contributed by atoms with Crippen LogP contribution in [0, 0.1) is 20.8 Å². The zero-order valence-corrected chi connectivity index (χ0v) is 16.9. The number of hydrogen-bond acceptors (Lipinski definition) is 5. The van der Waals surface area contributed by atoms with E-state index in [-0.39, 0.29) is 11.8 Å². The number of methoxy groups -OCH3 is 1. The minimum absolute atomic E-state index is 0.0659. The summed E-state index contributed by atoms with van der Waals surface area (Å²) < 4.78 is 10.6. The number of ketones is 1. The number of aromatic amines is 1. The molecule has 0 radical (unpaired) electrons. The molecule has 27 heavy (non-hydrogen) atoms. The number of aryl methyl sites for hydroxylation is 2. The fraction of sp³-hybridized carbons (Fsp3) is 0.429. The summed E-state index contributed by atoms with van der Waals surface area (Å²) in [5.41, 5.74) is 3.29. The summed E-state index contributed by atoms with van der Waals surface area (Å²) in [6.07, 6.45) is 0. The predicted octanol–water partition coefficient (Wildman–Crippen LogP) is 3.31. The summed E-state index contributed by atoms with van der Waals surface area (Å²) in [7, 11) is 3.22. The van der Waals surface area contributed by atoms with Crippen molar-refractivity contribution in [1.29, 1.82) is 0 Å². The molecule has 2 aromatic rings.